The van der Waals surface area contributed by atoms with E-state index >= 15 is 0 Å². The van der Waals surface area contributed by atoms with Gasteiger partial charge < -0.3 is 5.11 Å². The maximum absolute atomic E-state index is 13.7. The molecule has 0 atom stereocenters. The molecule has 0 saturated heterocycles. The summed E-state index contributed by atoms with van der Waals surface area (Å²) in [4.78, 5) is 14.8. The van der Waals surface area contributed by atoms with Crippen LogP contribution < -0.4 is 0 Å². The molecule has 0 bridgehead atoms. The number of carbonyl (C=O) groups is 1. The average Bonchev–Trinajstić information content (AvgIpc) is 2.32. The normalized spacial score (nSPS) is 10.2. The predicted molar refractivity (Wildman–Crippen MR) is 61.3 cm³/mol. The van der Waals surface area contributed by atoms with E-state index < -0.39 is 11.8 Å². The maximum Gasteiger partial charge on any atom is 0.355 e. The minimum atomic E-state index is -1.17. The number of aromatic nitrogens is 1. The molecule has 17 heavy (non-hydrogen) atoms. The number of aryl methyl sites for hydroxylation is 1. The van der Waals surface area contributed by atoms with Crippen molar-refractivity contribution < 1.29 is 14.3 Å². The molecule has 0 fully saturated rings. The molecule has 86 valence electrons. The summed E-state index contributed by atoms with van der Waals surface area (Å²) in [5.41, 5.74) is 1.27. The number of carboxylic acid groups (broad SMARTS) is 1. The van der Waals surface area contributed by atoms with E-state index in [0.29, 0.717) is 5.56 Å². The molecule has 0 amide bonds. The van der Waals surface area contributed by atoms with Gasteiger partial charge in [-0.25, -0.2) is 14.2 Å². The Labute approximate surface area is 97.6 Å². The molecule has 0 radical (unpaired) electrons. The monoisotopic (exact) mass is 231 g/mol. The van der Waals surface area contributed by atoms with E-state index in [2.05, 4.69) is 4.98 Å². The molecule has 2 aromatic rings. The van der Waals surface area contributed by atoms with Crippen molar-refractivity contribution in [2.45, 2.75) is 6.92 Å². The fourth-order valence-corrected chi connectivity index (χ4v) is 1.64. The maximum atomic E-state index is 13.7. The Morgan fingerprint density at radius 1 is 1.29 bits per heavy atom. The van der Waals surface area contributed by atoms with Gasteiger partial charge in [0.2, 0.25) is 0 Å². The number of carboxylic acids is 1. The van der Waals surface area contributed by atoms with Crippen LogP contribution in [-0.2, 0) is 0 Å². The molecule has 1 aromatic heterocycles. The standard InChI is InChI=1S/C13H10FNO2/c1-8-4-5-11(14)10(7-8)9-3-2-6-15-12(9)13(16)17/h2-7H,1H3,(H,16,17). The summed E-state index contributed by atoms with van der Waals surface area (Å²) < 4.78 is 13.7. The van der Waals surface area contributed by atoms with Crippen molar-refractivity contribution in [2.24, 2.45) is 0 Å². The van der Waals surface area contributed by atoms with E-state index in [9.17, 15) is 9.18 Å². The first-order valence-electron chi connectivity index (χ1n) is 5.04. The van der Waals surface area contributed by atoms with Crippen molar-refractivity contribution in [1.29, 1.82) is 0 Å². The number of rotatable bonds is 2. The summed E-state index contributed by atoms with van der Waals surface area (Å²) in [7, 11) is 0. The summed E-state index contributed by atoms with van der Waals surface area (Å²) in [6.45, 7) is 1.82. The summed E-state index contributed by atoms with van der Waals surface area (Å²) in [5.74, 6) is -1.62. The molecule has 0 aliphatic heterocycles. The highest BCUT2D eigenvalue weighted by molar-refractivity contribution is 5.93. The van der Waals surface area contributed by atoms with Crippen molar-refractivity contribution in [2.75, 3.05) is 0 Å². The third kappa shape index (κ3) is 2.15. The van der Waals surface area contributed by atoms with Crippen molar-refractivity contribution in [3.05, 3.63) is 53.6 Å². The Balaban J connectivity index is 2.68. The zero-order valence-corrected chi connectivity index (χ0v) is 9.14. The van der Waals surface area contributed by atoms with Gasteiger partial charge in [0, 0.05) is 17.3 Å². The molecule has 1 aromatic carbocycles. The van der Waals surface area contributed by atoms with Gasteiger partial charge in [0.05, 0.1) is 0 Å². The van der Waals surface area contributed by atoms with Crippen LogP contribution in [0.1, 0.15) is 16.1 Å². The molecular formula is C13H10FNO2. The Kier molecular flexibility index (Phi) is 2.87. The van der Waals surface area contributed by atoms with E-state index in [1.54, 1.807) is 24.3 Å². The number of hydrogen-bond donors (Lipinski definition) is 1. The van der Waals surface area contributed by atoms with Crippen LogP contribution in [0.2, 0.25) is 0 Å². The average molecular weight is 231 g/mol. The lowest BCUT2D eigenvalue weighted by Gasteiger charge is -2.07. The molecule has 3 nitrogen and oxygen atoms in total. The van der Waals surface area contributed by atoms with Gasteiger partial charge in [-0.15, -0.1) is 0 Å². The van der Waals surface area contributed by atoms with E-state index in [1.807, 2.05) is 6.92 Å². The van der Waals surface area contributed by atoms with E-state index in [4.69, 9.17) is 5.11 Å². The van der Waals surface area contributed by atoms with Gasteiger partial charge >= 0.3 is 5.97 Å². The molecule has 1 N–H and O–H groups in total. The fourth-order valence-electron chi connectivity index (χ4n) is 1.64. The van der Waals surface area contributed by atoms with Gasteiger partial charge in [-0.2, -0.15) is 0 Å². The number of hydrogen-bond acceptors (Lipinski definition) is 2. The second kappa shape index (κ2) is 4.33. The summed E-state index contributed by atoms with van der Waals surface area (Å²) in [6, 6.07) is 7.70. The predicted octanol–water partition coefficient (Wildman–Crippen LogP) is 2.89. The minimum Gasteiger partial charge on any atom is -0.476 e. The SMILES string of the molecule is Cc1ccc(F)c(-c2cccnc2C(=O)O)c1. The lowest BCUT2D eigenvalue weighted by molar-refractivity contribution is 0.0691. The summed E-state index contributed by atoms with van der Waals surface area (Å²) in [6.07, 6.45) is 1.38. The van der Waals surface area contributed by atoms with Crippen molar-refractivity contribution in [1.82, 2.24) is 4.98 Å². The van der Waals surface area contributed by atoms with Gasteiger partial charge in [-0.3, -0.25) is 0 Å². The summed E-state index contributed by atoms with van der Waals surface area (Å²) >= 11 is 0. The molecule has 0 unspecified atom stereocenters. The largest absolute Gasteiger partial charge is 0.476 e. The molecule has 0 aliphatic rings. The van der Waals surface area contributed by atoms with Crippen LogP contribution >= 0.6 is 0 Å². The Morgan fingerprint density at radius 2 is 2.06 bits per heavy atom. The molecular weight excluding hydrogens is 221 g/mol. The van der Waals surface area contributed by atoms with Crippen LogP contribution in [0.3, 0.4) is 0 Å². The number of aromatic carboxylic acids is 1. The smallest absolute Gasteiger partial charge is 0.355 e. The lowest BCUT2D eigenvalue weighted by atomic mass is 10.0. The van der Waals surface area contributed by atoms with E-state index in [-0.39, 0.29) is 11.3 Å². The number of halogens is 1. The Hall–Kier alpha value is -2.23. The van der Waals surface area contributed by atoms with Crippen molar-refractivity contribution in [3.8, 4) is 11.1 Å². The third-order valence-electron chi connectivity index (χ3n) is 2.42. The molecule has 4 heteroatoms. The highest BCUT2D eigenvalue weighted by Crippen LogP contribution is 2.26. The van der Waals surface area contributed by atoms with Crippen LogP contribution in [0.15, 0.2) is 36.5 Å². The Morgan fingerprint density at radius 3 is 2.76 bits per heavy atom. The van der Waals surface area contributed by atoms with Gasteiger partial charge in [0.15, 0.2) is 5.69 Å². The first-order chi connectivity index (χ1) is 8.09. The van der Waals surface area contributed by atoms with Crippen LogP contribution in [0.25, 0.3) is 11.1 Å². The minimum absolute atomic E-state index is 0.142. The fraction of sp³-hybridized carbons (Fsp3) is 0.0769. The molecule has 0 aliphatic carbocycles. The molecule has 1 heterocycles. The highest BCUT2D eigenvalue weighted by Gasteiger charge is 2.15. The van der Waals surface area contributed by atoms with Crippen LogP contribution in [0, 0.1) is 12.7 Å². The van der Waals surface area contributed by atoms with E-state index in [0.717, 1.165) is 5.56 Å². The summed E-state index contributed by atoms with van der Waals surface area (Å²) in [5, 5.41) is 9.00. The quantitative estimate of drug-likeness (QED) is 0.864. The number of pyridine rings is 1. The first-order valence-corrected chi connectivity index (χ1v) is 5.04. The van der Waals surface area contributed by atoms with Crippen LogP contribution in [-0.4, -0.2) is 16.1 Å². The zero-order chi connectivity index (χ0) is 12.4. The third-order valence-corrected chi connectivity index (χ3v) is 2.42. The Bertz CT molecular complexity index is 581. The molecule has 2 rings (SSSR count). The number of nitrogens with zero attached hydrogens (tertiary/aromatic N) is 1. The van der Waals surface area contributed by atoms with Crippen LogP contribution in [0.5, 0.6) is 0 Å². The highest BCUT2D eigenvalue weighted by atomic mass is 19.1. The topological polar surface area (TPSA) is 50.2 Å². The second-order valence-electron chi connectivity index (χ2n) is 3.69. The second-order valence-corrected chi connectivity index (χ2v) is 3.69. The zero-order valence-electron chi connectivity index (χ0n) is 9.14. The van der Waals surface area contributed by atoms with Crippen LogP contribution in [0.4, 0.5) is 4.39 Å². The number of benzene rings is 1. The van der Waals surface area contributed by atoms with Crippen molar-refractivity contribution in [3.63, 3.8) is 0 Å². The lowest BCUT2D eigenvalue weighted by Crippen LogP contribution is -2.03. The van der Waals surface area contributed by atoms with Gasteiger partial charge in [-0.05, 0) is 25.1 Å². The van der Waals surface area contributed by atoms with Gasteiger partial charge in [0.25, 0.3) is 0 Å². The van der Waals surface area contributed by atoms with Gasteiger partial charge in [-0.1, -0.05) is 17.7 Å². The van der Waals surface area contributed by atoms with Gasteiger partial charge in [0.1, 0.15) is 5.82 Å². The molecule has 0 saturated carbocycles. The van der Waals surface area contributed by atoms with Crippen molar-refractivity contribution >= 4 is 5.97 Å². The first kappa shape index (κ1) is 11.3. The molecule has 0 spiro atoms. The van der Waals surface area contributed by atoms with E-state index in [1.165, 1.54) is 12.3 Å².